The zero-order valence-electron chi connectivity index (χ0n) is 46.7. The third-order valence-corrected chi connectivity index (χ3v) is 14.1. The Bertz CT molecular complexity index is 1180. The molecule has 0 aromatic rings. The number of amides is 1. The van der Waals surface area contributed by atoms with Crippen LogP contribution in [0.5, 0.6) is 0 Å². The van der Waals surface area contributed by atoms with E-state index in [1.807, 2.05) is 0 Å². The number of carbonyl (C=O) groups excluding carboxylic acids is 2. The van der Waals surface area contributed by atoms with Crippen molar-refractivity contribution in [2.24, 2.45) is 0 Å². The first-order chi connectivity index (χ1) is 34.5. The lowest BCUT2D eigenvalue weighted by molar-refractivity contribution is -0.143. The molecule has 0 aromatic carbocycles. The van der Waals surface area contributed by atoms with Crippen LogP contribution in [0.3, 0.4) is 0 Å². The van der Waals surface area contributed by atoms with Gasteiger partial charge in [-0.2, -0.15) is 0 Å². The maximum absolute atomic E-state index is 12.5. The van der Waals surface area contributed by atoms with Crippen LogP contribution in [-0.4, -0.2) is 47.4 Å². The average Bonchev–Trinajstić information content (AvgIpc) is 3.36. The number of aliphatic hydroxyl groups excluding tert-OH is 2. The minimum absolute atomic E-state index is 0.0287. The van der Waals surface area contributed by atoms with Crippen molar-refractivity contribution >= 4 is 11.9 Å². The number of hydrogen-bond acceptors (Lipinski definition) is 5. The van der Waals surface area contributed by atoms with E-state index in [1.54, 1.807) is 0 Å². The van der Waals surface area contributed by atoms with Gasteiger partial charge in [0.25, 0.3) is 0 Å². The van der Waals surface area contributed by atoms with Crippen molar-refractivity contribution in [2.45, 2.75) is 334 Å². The van der Waals surface area contributed by atoms with Crippen molar-refractivity contribution < 1.29 is 24.5 Å². The largest absolute Gasteiger partial charge is 0.466 e. The SMILES string of the molecule is CCC/C=C\C/C=C\CCCCCCCC(=O)OCCCCC/C=C\C=C/CCCCCCCCCCCCC(=O)NC(CO)C(O)CCCCCCCCCCCCCCCCCCCCCCC. The van der Waals surface area contributed by atoms with Crippen LogP contribution in [0.15, 0.2) is 48.6 Å². The van der Waals surface area contributed by atoms with Gasteiger partial charge in [0.15, 0.2) is 0 Å². The molecular weight excluding hydrogens is 863 g/mol. The van der Waals surface area contributed by atoms with Crippen LogP contribution >= 0.6 is 0 Å². The molecule has 0 aliphatic carbocycles. The normalized spacial score (nSPS) is 12.9. The maximum atomic E-state index is 12.5. The monoisotopic (exact) mass is 982 g/mol. The van der Waals surface area contributed by atoms with E-state index in [9.17, 15) is 19.8 Å². The Hall–Kier alpha value is -2.18. The second kappa shape index (κ2) is 59.4. The van der Waals surface area contributed by atoms with Gasteiger partial charge in [-0.25, -0.2) is 0 Å². The Morgan fingerprint density at radius 2 is 0.786 bits per heavy atom. The minimum Gasteiger partial charge on any atom is -0.466 e. The third kappa shape index (κ3) is 55.1. The molecule has 2 unspecified atom stereocenters. The molecule has 2 atom stereocenters. The standard InChI is InChI=1S/C64H119NO5/c1-3-5-7-9-11-13-15-17-18-19-20-21-23-26-29-33-36-40-44-48-52-56-62(67)61(60-66)65-63(68)57-53-49-45-41-37-34-30-27-24-22-25-28-31-35-39-43-47-51-55-59-70-64(69)58-54-50-46-42-38-32-16-14-12-10-8-6-4-2/h8,10,14,16,28,31,35,39,61-62,66-67H,3-7,9,11-13,15,17-27,29-30,32-34,36-38,40-60H2,1-2H3,(H,65,68)/b10-8-,16-14-,31-28-,39-35-. The Kier molecular flexibility index (Phi) is 57.5. The highest BCUT2D eigenvalue weighted by atomic mass is 16.5. The van der Waals surface area contributed by atoms with Crippen LogP contribution in [-0.2, 0) is 14.3 Å². The average molecular weight is 983 g/mol. The highest BCUT2D eigenvalue weighted by Crippen LogP contribution is 2.17. The van der Waals surface area contributed by atoms with Gasteiger partial charge in [-0.1, -0.05) is 274 Å². The second-order valence-electron chi connectivity index (χ2n) is 21.1. The Labute approximate surface area is 436 Å². The van der Waals surface area contributed by atoms with Gasteiger partial charge in [-0.05, 0) is 83.5 Å². The van der Waals surface area contributed by atoms with Gasteiger partial charge in [-0.15, -0.1) is 0 Å². The fourth-order valence-corrected chi connectivity index (χ4v) is 9.38. The van der Waals surface area contributed by atoms with Crippen LogP contribution in [0, 0.1) is 0 Å². The summed E-state index contributed by atoms with van der Waals surface area (Å²) in [6.07, 6.45) is 75.4. The second-order valence-corrected chi connectivity index (χ2v) is 21.1. The number of ether oxygens (including phenoxy) is 1. The summed E-state index contributed by atoms with van der Waals surface area (Å²) in [6, 6.07) is -0.551. The summed E-state index contributed by atoms with van der Waals surface area (Å²) in [5, 5.41) is 23.4. The van der Waals surface area contributed by atoms with Gasteiger partial charge in [0.05, 0.1) is 25.4 Å². The van der Waals surface area contributed by atoms with Crippen molar-refractivity contribution in [3.8, 4) is 0 Å². The fraction of sp³-hybridized carbons (Fsp3) is 0.844. The number of nitrogens with one attached hydrogen (secondary N) is 1. The van der Waals surface area contributed by atoms with Crippen LogP contribution in [0.1, 0.15) is 322 Å². The van der Waals surface area contributed by atoms with Gasteiger partial charge in [0.1, 0.15) is 0 Å². The topological polar surface area (TPSA) is 95.9 Å². The molecule has 0 bridgehead atoms. The van der Waals surface area contributed by atoms with Crippen LogP contribution in [0.4, 0.5) is 0 Å². The summed E-state index contributed by atoms with van der Waals surface area (Å²) in [4.78, 5) is 24.5. The highest BCUT2D eigenvalue weighted by molar-refractivity contribution is 5.76. The van der Waals surface area contributed by atoms with E-state index in [0.717, 1.165) is 83.5 Å². The molecule has 0 saturated heterocycles. The molecule has 6 nitrogen and oxygen atoms in total. The Morgan fingerprint density at radius 1 is 0.414 bits per heavy atom. The molecule has 1 amide bonds. The van der Waals surface area contributed by atoms with E-state index < -0.39 is 12.1 Å². The van der Waals surface area contributed by atoms with E-state index in [4.69, 9.17) is 4.74 Å². The van der Waals surface area contributed by atoms with E-state index in [-0.39, 0.29) is 18.5 Å². The van der Waals surface area contributed by atoms with Crippen molar-refractivity contribution in [2.75, 3.05) is 13.2 Å². The van der Waals surface area contributed by atoms with Gasteiger partial charge in [0, 0.05) is 12.8 Å². The molecular formula is C64H119NO5. The zero-order chi connectivity index (χ0) is 50.7. The van der Waals surface area contributed by atoms with Crippen molar-refractivity contribution in [1.29, 1.82) is 0 Å². The number of carbonyl (C=O) groups is 2. The Morgan fingerprint density at radius 3 is 1.23 bits per heavy atom. The Balaban J connectivity index is 3.49. The molecule has 6 heteroatoms. The molecule has 0 aliphatic rings. The summed E-state index contributed by atoms with van der Waals surface area (Å²) >= 11 is 0. The smallest absolute Gasteiger partial charge is 0.305 e. The van der Waals surface area contributed by atoms with Crippen molar-refractivity contribution in [3.05, 3.63) is 48.6 Å². The lowest BCUT2D eigenvalue weighted by atomic mass is 10.0. The predicted molar refractivity (Wildman–Crippen MR) is 306 cm³/mol. The fourth-order valence-electron chi connectivity index (χ4n) is 9.38. The first-order valence-corrected chi connectivity index (χ1v) is 30.9. The summed E-state index contributed by atoms with van der Waals surface area (Å²) in [7, 11) is 0. The van der Waals surface area contributed by atoms with Crippen molar-refractivity contribution in [3.63, 3.8) is 0 Å². The number of unbranched alkanes of at least 4 members (excludes halogenated alkanes) is 39. The number of aliphatic hydroxyl groups is 2. The van der Waals surface area contributed by atoms with E-state index >= 15 is 0 Å². The lowest BCUT2D eigenvalue weighted by Crippen LogP contribution is -2.45. The number of allylic oxidation sites excluding steroid dienone is 8. The predicted octanol–water partition coefficient (Wildman–Crippen LogP) is 19.4. The molecule has 70 heavy (non-hydrogen) atoms. The molecule has 3 N–H and O–H groups in total. The molecule has 0 aromatic heterocycles. The molecule has 0 heterocycles. The van der Waals surface area contributed by atoms with Gasteiger partial charge < -0.3 is 20.3 Å². The third-order valence-electron chi connectivity index (χ3n) is 14.1. The molecule has 0 aliphatic heterocycles. The summed E-state index contributed by atoms with van der Waals surface area (Å²) in [5.74, 6) is -0.0718. The maximum Gasteiger partial charge on any atom is 0.305 e. The molecule has 0 saturated carbocycles. The number of esters is 1. The minimum atomic E-state index is -0.673. The van der Waals surface area contributed by atoms with Gasteiger partial charge in [-0.3, -0.25) is 9.59 Å². The van der Waals surface area contributed by atoms with E-state index in [0.29, 0.717) is 25.9 Å². The van der Waals surface area contributed by atoms with Crippen LogP contribution in [0.25, 0.3) is 0 Å². The number of hydrogen-bond donors (Lipinski definition) is 3. The van der Waals surface area contributed by atoms with Gasteiger partial charge >= 0.3 is 5.97 Å². The first kappa shape index (κ1) is 67.8. The van der Waals surface area contributed by atoms with Crippen molar-refractivity contribution in [1.82, 2.24) is 5.32 Å². The summed E-state index contributed by atoms with van der Waals surface area (Å²) < 4.78 is 5.44. The van der Waals surface area contributed by atoms with Crippen LogP contribution in [0.2, 0.25) is 0 Å². The zero-order valence-corrected chi connectivity index (χ0v) is 46.7. The summed E-state index contributed by atoms with van der Waals surface area (Å²) in [5.41, 5.74) is 0. The first-order valence-electron chi connectivity index (χ1n) is 30.9. The van der Waals surface area contributed by atoms with E-state index in [2.05, 4.69) is 67.8 Å². The molecule has 0 radical (unpaired) electrons. The molecule has 410 valence electrons. The molecule has 0 fully saturated rings. The summed E-state index contributed by atoms with van der Waals surface area (Å²) in [6.45, 7) is 4.85. The van der Waals surface area contributed by atoms with Gasteiger partial charge in [0.2, 0.25) is 5.91 Å². The highest BCUT2D eigenvalue weighted by Gasteiger charge is 2.20. The molecule has 0 spiro atoms. The van der Waals surface area contributed by atoms with Crippen LogP contribution < -0.4 is 5.32 Å². The molecule has 0 rings (SSSR count). The quantitative estimate of drug-likeness (QED) is 0.0244. The number of rotatable bonds is 57. The lowest BCUT2D eigenvalue weighted by Gasteiger charge is -2.22. The van der Waals surface area contributed by atoms with E-state index in [1.165, 1.54) is 205 Å².